The van der Waals surface area contributed by atoms with Crippen LogP contribution >= 0.6 is 15.9 Å². The van der Waals surface area contributed by atoms with Crippen molar-refractivity contribution in [2.24, 2.45) is 0 Å². The number of rotatable bonds is 8. The van der Waals surface area contributed by atoms with E-state index in [4.69, 9.17) is 0 Å². The van der Waals surface area contributed by atoms with E-state index in [-0.39, 0.29) is 22.9 Å². The number of benzene rings is 2. The molecule has 184 valence electrons. The molecule has 9 heteroatoms. The average molecular weight is 543 g/mol. The van der Waals surface area contributed by atoms with Crippen LogP contribution in [0, 0.1) is 5.82 Å². The minimum Gasteiger partial charge on any atom is -0.339 e. The van der Waals surface area contributed by atoms with Crippen molar-refractivity contribution in [1.29, 1.82) is 0 Å². The van der Waals surface area contributed by atoms with Crippen LogP contribution in [0.25, 0.3) is 10.8 Å². The number of hydrogen-bond donors (Lipinski definition) is 1. The second-order valence-corrected chi connectivity index (χ2v) is 9.50. The zero-order chi connectivity index (χ0) is 24.8. The predicted molar refractivity (Wildman–Crippen MR) is 136 cm³/mol. The summed E-state index contributed by atoms with van der Waals surface area (Å²) in [6.07, 6.45) is 3.78. The highest BCUT2D eigenvalue weighted by molar-refractivity contribution is 9.09. The molecule has 4 rings (SSSR count). The molecule has 0 atom stereocenters. The van der Waals surface area contributed by atoms with Crippen molar-refractivity contribution in [3.63, 3.8) is 0 Å². The van der Waals surface area contributed by atoms with Crippen LogP contribution in [0.4, 0.5) is 4.39 Å². The molecule has 1 fully saturated rings. The number of amides is 2. The van der Waals surface area contributed by atoms with Crippen molar-refractivity contribution >= 4 is 38.5 Å². The van der Waals surface area contributed by atoms with Gasteiger partial charge in [-0.15, -0.1) is 0 Å². The Balaban J connectivity index is 1.42. The van der Waals surface area contributed by atoms with E-state index in [1.807, 2.05) is 12.1 Å². The predicted octanol–water partition coefficient (Wildman–Crippen LogP) is 3.89. The molecule has 0 saturated carbocycles. The van der Waals surface area contributed by atoms with Gasteiger partial charge in [0.2, 0.25) is 5.91 Å². The largest absolute Gasteiger partial charge is 0.339 e. The number of aromatic nitrogens is 2. The van der Waals surface area contributed by atoms with Crippen LogP contribution in [-0.4, -0.2) is 63.3 Å². The fourth-order valence-corrected chi connectivity index (χ4v) is 4.78. The molecule has 1 N–H and O–H groups in total. The Hall–Kier alpha value is -3.07. The minimum absolute atomic E-state index is 0.00535. The molecule has 0 unspecified atom stereocenters. The first-order chi connectivity index (χ1) is 17.0. The number of halogens is 2. The Bertz CT molecular complexity index is 1270. The van der Waals surface area contributed by atoms with Gasteiger partial charge in [-0.2, -0.15) is 5.10 Å². The molecule has 0 bridgehead atoms. The van der Waals surface area contributed by atoms with Crippen LogP contribution < -0.4 is 5.56 Å². The van der Waals surface area contributed by atoms with Gasteiger partial charge in [-0.05, 0) is 36.6 Å². The highest BCUT2D eigenvalue weighted by atomic mass is 79.9. The van der Waals surface area contributed by atoms with Crippen molar-refractivity contribution in [3.05, 3.63) is 75.5 Å². The van der Waals surface area contributed by atoms with Crippen molar-refractivity contribution in [2.75, 3.05) is 31.5 Å². The van der Waals surface area contributed by atoms with Crippen molar-refractivity contribution < 1.29 is 14.0 Å². The first kappa shape index (κ1) is 25.0. The van der Waals surface area contributed by atoms with E-state index in [0.29, 0.717) is 50.1 Å². The molecule has 1 aromatic heterocycles. The van der Waals surface area contributed by atoms with E-state index < -0.39 is 5.82 Å². The fourth-order valence-electron chi connectivity index (χ4n) is 4.38. The number of nitrogens with one attached hydrogen (secondary N) is 1. The second kappa shape index (κ2) is 11.6. The molecular weight excluding hydrogens is 515 g/mol. The van der Waals surface area contributed by atoms with Gasteiger partial charge in [0.25, 0.3) is 11.5 Å². The summed E-state index contributed by atoms with van der Waals surface area (Å²) in [7, 11) is 0. The third-order valence-corrected chi connectivity index (χ3v) is 6.91. The lowest BCUT2D eigenvalue weighted by atomic mass is 10.0. The number of unbranched alkanes of at least 4 members (excludes halogenated alkanes) is 2. The summed E-state index contributed by atoms with van der Waals surface area (Å²) in [5.41, 5.74) is 1.10. The number of H-pyrrole nitrogens is 1. The number of aromatic amines is 1. The Morgan fingerprint density at radius 1 is 0.971 bits per heavy atom. The third kappa shape index (κ3) is 5.96. The Morgan fingerprint density at radius 3 is 2.43 bits per heavy atom. The average Bonchev–Trinajstić information content (AvgIpc) is 2.89. The third-order valence-electron chi connectivity index (χ3n) is 6.35. The van der Waals surface area contributed by atoms with Gasteiger partial charge in [0.1, 0.15) is 5.82 Å². The topological polar surface area (TPSA) is 86.4 Å². The van der Waals surface area contributed by atoms with Crippen LogP contribution in [-0.2, 0) is 11.2 Å². The van der Waals surface area contributed by atoms with Crippen LogP contribution in [0.1, 0.15) is 47.3 Å². The summed E-state index contributed by atoms with van der Waals surface area (Å²) in [5, 5.41) is 8.88. The van der Waals surface area contributed by atoms with Gasteiger partial charge in [-0.25, -0.2) is 9.49 Å². The normalized spacial score (nSPS) is 13.9. The van der Waals surface area contributed by atoms with Gasteiger partial charge in [0, 0.05) is 49.7 Å². The van der Waals surface area contributed by atoms with Gasteiger partial charge in [-0.3, -0.25) is 14.4 Å². The lowest BCUT2D eigenvalue weighted by Crippen LogP contribution is -2.50. The van der Waals surface area contributed by atoms with E-state index in [9.17, 15) is 18.8 Å². The maximum Gasteiger partial charge on any atom is 0.272 e. The summed E-state index contributed by atoms with van der Waals surface area (Å²) in [6, 6.07) is 11.6. The molecule has 2 amide bonds. The zero-order valence-corrected chi connectivity index (χ0v) is 21.0. The lowest BCUT2D eigenvalue weighted by Gasteiger charge is -2.35. The van der Waals surface area contributed by atoms with Gasteiger partial charge in [0.05, 0.1) is 16.6 Å². The zero-order valence-electron chi connectivity index (χ0n) is 19.4. The van der Waals surface area contributed by atoms with Gasteiger partial charge in [-0.1, -0.05) is 46.6 Å². The van der Waals surface area contributed by atoms with Gasteiger partial charge in [0.15, 0.2) is 0 Å². The number of carbonyl (C=O) groups excluding carboxylic acids is 2. The summed E-state index contributed by atoms with van der Waals surface area (Å²) in [4.78, 5) is 41.0. The summed E-state index contributed by atoms with van der Waals surface area (Å²) in [5.74, 6) is -0.850. The van der Waals surface area contributed by atoms with Crippen molar-refractivity contribution in [3.8, 4) is 0 Å². The van der Waals surface area contributed by atoms with E-state index in [1.54, 1.807) is 34.1 Å². The van der Waals surface area contributed by atoms with Crippen molar-refractivity contribution in [2.45, 2.75) is 32.1 Å². The van der Waals surface area contributed by atoms with E-state index >= 15 is 0 Å². The molecule has 2 heterocycles. The summed E-state index contributed by atoms with van der Waals surface area (Å²) >= 11 is 3.40. The van der Waals surface area contributed by atoms with Crippen molar-refractivity contribution in [1.82, 2.24) is 20.0 Å². The van der Waals surface area contributed by atoms with Gasteiger partial charge < -0.3 is 9.80 Å². The van der Waals surface area contributed by atoms with E-state index in [1.165, 1.54) is 6.07 Å². The highest BCUT2D eigenvalue weighted by Gasteiger charge is 2.26. The summed E-state index contributed by atoms with van der Waals surface area (Å²) in [6.45, 7) is 1.67. The smallest absolute Gasteiger partial charge is 0.272 e. The first-order valence-corrected chi connectivity index (χ1v) is 13.0. The number of nitrogens with zero attached hydrogens (tertiary/aromatic N) is 3. The van der Waals surface area contributed by atoms with Crippen LogP contribution in [0.3, 0.4) is 0 Å². The molecule has 0 radical (unpaired) electrons. The Kier molecular flexibility index (Phi) is 8.28. The molecule has 1 aliphatic heterocycles. The SMILES string of the molecule is O=C(CCCCCBr)N1CCN(C(=O)c2cc(Cc3n[nH]c(=O)c4ccccc34)ccc2F)CC1. The Labute approximate surface area is 211 Å². The van der Waals surface area contributed by atoms with Crippen LogP contribution in [0.5, 0.6) is 0 Å². The standard InChI is InChI=1S/C26H28BrFN4O3/c27-11-5-1-2-8-24(33)31-12-14-32(15-13-31)26(35)21-16-18(9-10-22(21)28)17-23-19-6-3-4-7-20(19)25(34)30-29-23/h3-4,6-7,9-10,16H,1-2,5,8,11-15,17H2,(H,30,34). The summed E-state index contributed by atoms with van der Waals surface area (Å²) < 4.78 is 14.6. The minimum atomic E-state index is -0.580. The molecule has 3 aromatic rings. The molecular formula is C26H28BrFN4O3. The monoisotopic (exact) mass is 542 g/mol. The number of carbonyl (C=O) groups is 2. The molecule has 2 aromatic carbocycles. The van der Waals surface area contributed by atoms with Gasteiger partial charge >= 0.3 is 0 Å². The molecule has 1 aliphatic rings. The number of alkyl halides is 1. The highest BCUT2D eigenvalue weighted by Crippen LogP contribution is 2.20. The number of piperazine rings is 1. The maximum atomic E-state index is 14.6. The fraction of sp³-hybridized carbons (Fsp3) is 0.385. The molecule has 35 heavy (non-hydrogen) atoms. The molecule has 7 nitrogen and oxygen atoms in total. The first-order valence-electron chi connectivity index (χ1n) is 11.9. The number of fused-ring (bicyclic) bond motifs is 1. The Morgan fingerprint density at radius 2 is 1.69 bits per heavy atom. The van der Waals surface area contributed by atoms with E-state index in [0.717, 1.165) is 35.5 Å². The van der Waals surface area contributed by atoms with Crippen LogP contribution in [0.2, 0.25) is 0 Å². The quantitative estimate of drug-likeness (QED) is 0.345. The molecule has 0 aliphatic carbocycles. The molecule has 0 spiro atoms. The second-order valence-electron chi connectivity index (χ2n) is 8.71. The lowest BCUT2D eigenvalue weighted by molar-refractivity contribution is -0.132. The number of hydrogen-bond acceptors (Lipinski definition) is 4. The van der Waals surface area contributed by atoms with Crippen LogP contribution in [0.15, 0.2) is 47.3 Å². The maximum absolute atomic E-state index is 14.6. The van der Waals surface area contributed by atoms with E-state index in [2.05, 4.69) is 26.1 Å². The molecule has 1 saturated heterocycles.